The van der Waals surface area contributed by atoms with Gasteiger partial charge in [-0.05, 0) is 29.3 Å². The summed E-state index contributed by atoms with van der Waals surface area (Å²) in [6, 6.07) is 14.2. The van der Waals surface area contributed by atoms with Crippen LogP contribution in [0.25, 0.3) is 10.2 Å². The van der Waals surface area contributed by atoms with Gasteiger partial charge in [0.05, 0.1) is 15.2 Å². The Morgan fingerprint density at radius 1 is 1.16 bits per heavy atom. The molecular formula is C15H13ClN2S. The molecule has 0 aliphatic carbocycles. The van der Waals surface area contributed by atoms with Gasteiger partial charge in [-0.25, -0.2) is 4.98 Å². The Balaban J connectivity index is 1.92. The molecule has 3 aromatic rings. The molecule has 0 amide bonds. The Morgan fingerprint density at radius 3 is 2.79 bits per heavy atom. The van der Waals surface area contributed by atoms with Gasteiger partial charge in [-0.1, -0.05) is 35.9 Å². The first-order valence-corrected chi connectivity index (χ1v) is 7.27. The molecule has 0 saturated carbocycles. The van der Waals surface area contributed by atoms with Gasteiger partial charge in [-0.15, -0.1) is 11.3 Å². The van der Waals surface area contributed by atoms with E-state index in [-0.39, 0.29) is 0 Å². The van der Waals surface area contributed by atoms with Crippen molar-refractivity contribution in [1.82, 2.24) is 4.98 Å². The molecule has 0 atom stereocenters. The van der Waals surface area contributed by atoms with Gasteiger partial charge in [-0.3, -0.25) is 0 Å². The molecule has 3 rings (SSSR count). The number of thiazole rings is 1. The van der Waals surface area contributed by atoms with E-state index in [1.807, 2.05) is 30.3 Å². The fourth-order valence-corrected chi connectivity index (χ4v) is 3.26. The third-order valence-electron chi connectivity index (χ3n) is 3.02. The van der Waals surface area contributed by atoms with Crippen LogP contribution in [0.1, 0.15) is 16.1 Å². The average Bonchev–Trinajstić information content (AvgIpc) is 2.83. The maximum Gasteiger partial charge on any atom is 0.0982 e. The van der Waals surface area contributed by atoms with Crippen molar-refractivity contribution in [2.75, 3.05) is 0 Å². The summed E-state index contributed by atoms with van der Waals surface area (Å²) >= 11 is 7.80. The van der Waals surface area contributed by atoms with E-state index in [9.17, 15) is 0 Å². The van der Waals surface area contributed by atoms with Crippen LogP contribution in [0.15, 0.2) is 42.5 Å². The number of nitrogens with two attached hydrogens (primary N) is 1. The first kappa shape index (κ1) is 12.6. The molecule has 2 aromatic carbocycles. The molecule has 1 heterocycles. The lowest BCUT2D eigenvalue weighted by atomic mass is 10.1. The zero-order valence-electron chi connectivity index (χ0n) is 10.3. The number of halogens is 1. The summed E-state index contributed by atoms with van der Waals surface area (Å²) in [5.74, 6) is 0. The highest BCUT2D eigenvalue weighted by atomic mass is 35.5. The van der Waals surface area contributed by atoms with Crippen LogP contribution in [0.2, 0.25) is 5.02 Å². The lowest BCUT2D eigenvalue weighted by Crippen LogP contribution is -1.98. The summed E-state index contributed by atoms with van der Waals surface area (Å²) < 4.78 is 1.23. The van der Waals surface area contributed by atoms with E-state index in [0.717, 1.165) is 27.5 Å². The summed E-state index contributed by atoms with van der Waals surface area (Å²) in [4.78, 5) is 4.64. The number of benzene rings is 2. The average molecular weight is 289 g/mol. The molecule has 0 saturated heterocycles. The smallest absolute Gasteiger partial charge is 0.0982 e. The Morgan fingerprint density at radius 2 is 2.00 bits per heavy atom. The van der Waals surface area contributed by atoms with E-state index in [4.69, 9.17) is 17.3 Å². The molecule has 1 aromatic heterocycles. The minimum absolute atomic E-state index is 0.465. The molecule has 4 heteroatoms. The number of para-hydroxylation sites is 1. The topological polar surface area (TPSA) is 38.9 Å². The second-order valence-corrected chi connectivity index (χ2v) is 5.90. The quantitative estimate of drug-likeness (QED) is 0.791. The molecule has 2 N–H and O–H groups in total. The molecular weight excluding hydrogens is 276 g/mol. The van der Waals surface area contributed by atoms with Gasteiger partial charge in [0.15, 0.2) is 0 Å². The van der Waals surface area contributed by atoms with E-state index in [1.54, 1.807) is 11.3 Å². The van der Waals surface area contributed by atoms with Crippen LogP contribution >= 0.6 is 22.9 Å². The summed E-state index contributed by atoms with van der Waals surface area (Å²) in [7, 11) is 0. The monoisotopic (exact) mass is 288 g/mol. The number of rotatable bonds is 3. The van der Waals surface area contributed by atoms with Gasteiger partial charge in [0, 0.05) is 18.0 Å². The largest absolute Gasteiger partial charge is 0.326 e. The normalized spacial score (nSPS) is 11.1. The zero-order chi connectivity index (χ0) is 13.2. The minimum Gasteiger partial charge on any atom is -0.326 e. The van der Waals surface area contributed by atoms with E-state index in [2.05, 4.69) is 17.1 Å². The highest BCUT2D eigenvalue weighted by Crippen LogP contribution is 2.25. The molecule has 0 fully saturated rings. The fourth-order valence-electron chi connectivity index (χ4n) is 2.06. The standard InChI is InChI=1S/C15H13ClN2S/c16-12-6-5-10(7-11(12)9-17)8-15-18-13-3-1-2-4-14(13)19-15/h1-7H,8-9,17H2. The highest BCUT2D eigenvalue weighted by Gasteiger charge is 2.06. The molecule has 19 heavy (non-hydrogen) atoms. The SMILES string of the molecule is NCc1cc(Cc2nc3ccccc3s2)ccc1Cl. The lowest BCUT2D eigenvalue weighted by molar-refractivity contribution is 1.05. The first-order chi connectivity index (χ1) is 9.26. The second kappa shape index (κ2) is 5.29. The van der Waals surface area contributed by atoms with Crippen LogP contribution in [-0.2, 0) is 13.0 Å². The van der Waals surface area contributed by atoms with Crippen LogP contribution in [0.4, 0.5) is 0 Å². The van der Waals surface area contributed by atoms with E-state index < -0.39 is 0 Å². The molecule has 0 aliphatic rings. The van der Waals surface area contributed by atoms with Gasteiger partial charge in [0.2, 0.25) is 0 Å². The van der Waals surface area contributed by atoms with Gasteiger partial charge in [0.1, 0.15) is 0 Å². The highest BCUT2D eigenvalue weighted by molar-refractivity contribution is 7.18. The van der Waals surface area contributed by atoms with Gasteiger partial charge in [-0.2, -0.15) is 0 Å². The fraction of sp³-hybridized carbons (Fsp3) is 0.133. The summed E-state index contributed by atoms with van der Waals surface area (Å²) in [5, 5.41) is 1.85. The van der Waals surface area contributed by atoms with Crippen molar-refractivity contribution in [2.24, 2.45) is 5.73 Å². The molecule has 0 unspecified atom stereocenters. The predicted molar refractivity (Wildman–Crippen MR) is 81.8 cm³/mol. The lowest BCUT2D eigenvalue weighted by Gasteiger charge is -2.04. The van der Waals surface area contributed by atoms with Crippen LogP contribution in [0.5, 0.6) is 0 Å². The predicted octanol–water partition coefficient (Wildman–Crippen LogP) is 4.00. The number of aromatic nitrogens is 1. The first-order valence-electron chi connectivity index (χ1n) is 6.08. The van der Waals surface area contributed by atoms with E-state index in [1.165, 1.54) is 10.3 Å². The van der Waals surface area contributed by atoms with Gasteiger partial charge >= 0.3 is 0 Å². The van der Waals surface area contributed by atoms with Crippen LogP contribution in [-0.4, -0.2) is 4.98 Å². The van der Waals surface area contributed by atoms with E-state index >= 15 is 0 Å². The molecule has 0 spiro atoms. The second-order valence-electron chi connectivity index (χ2n) is 4.38. The number of fused-ring (bicyclic) bond motifs is 1. The van der Waals surface area contributed by atoms with Crippen LogP contribution in [0.3, 0.4) is 0 Å². The summed E-state index contributed by atoms with van der Waals surface area (Å²) in [6.07, 6.45) is 0.823. The van der Waals surface area contributed by atoms with E-state index in [0.29, 0.717) is 6.54 Å². The van der Waals surface area contributed by atoms with Crippen molar-refractivity contribution in [1.29, 1.82) is 0 Å². The van der Waals surface area contributed by atoms with Crippen LogP contribution in [0, 0.1) is 0 Å². The Kier molecular flexibility index (Phi) is 3.51. The van der Waals surface area contributed by atoms with Gasteiger partial charge < -0.3 is 5.73 Å². The van der Waals surface area contributed by atoms with Crippen molar-refractivity contribution >= 4 is 33.2 Å². The molecule has 2 nitrogen and oxygen atoms in total. The Labute approximate surface area is 120 Å². The zero-order valence-corrected chi connectivity index (χ0v) is 11.8. The maximum absolute atomic E-state index is 6.07. The minimum atomic E-state index is 0.465. The summed E-state index contributed by atoms with van der Waals surface area (Å²) in [5.41, 5.74) is 8.93. The van der Waals surface area contributed by atoms with Crippen molar-refractivity contribution < 1.29 is 0 Å². The Bertz CT molecular complexity index is 688. The van der Waals surface area contributed by atoms with Crippen molar-refractivity contribution in [3.8, 4) is 0 Å². The third kappa shape index (κ3) is 2.63. The molecule has 96 valence electrons. The number of hydrogen-bond acceptors (Lipinski definition) is 3. The van der Waals surface area contributed by atoms with Crippen molar-refractivity contribution in [2.45, 2.75) is 13.0 Å². The van der Waals surface area contributed by atoms with Crippen molar-refractivity contribution in [3.05, 3.63) is 63.6 Å². The molecule has 0 aliphatic heterocycles. The molecule has 0 radical (unpaired) electrons. The van der Waals surface area contributed by atoms with Crippen molar-refractivity contribution in [3.63, 3.8) is 0 Å². The number of hydrogen-bond donors (Lipinski definition) is 1. The third-order valence-corrected chi connectivity index (χ3v) is 4.43. The summed E-state index contributed by atoms with van der Waals surface area (Å²) in [6.45, 7) is 0.465. The maximum atomic E-state index is 6.07. The number of nitrogens with zero attached hydrogens (tertiary/aromatic N) is 1. The van der Waals surface area contributed by atoms with Crippen LogP contribution < -0.4 is 5.73 Å². The Hall–Kier alpha value is -1.42. The molecule has 0 bridgehead atoms. The van der Waals surface area contributed by atoms with Gasteiger partial charge in [0.25, 0.3) is 0 Å².